The van der Waals surface area contributed by atoms with Gasteiger partial charge < -0.3 is 10.1 Å². The van der Waals surface area contributed by atoms with Gasteiger partial charge in [0.2, 0.25) is 0 Å². The zero-order chi connectivity index (χ0) is 13.8. The molecule has 0 aliphatic heterocycles. The number of pyridine rings is 1. The second-order valence-electron chi connectivity index (χ2n) is 4.71. The molecule has 1 heterocycles. The molecule has 0 saturated heterocycles. The first-order valence-corrected chi connectivity index (χ1v) is 6.92. The van der Waals surface area contributed by atoms with Crippen LogP contribution in [0.4, 0.5) is 5.69 Å². The minimum atomic E-state index is 0.875. The van der Waals surface area contributed by atoms with Crippen LogP contribution in [0.2, 0.25) is 0 Å². The van der Waals surface area contributed by atoms with Crippen LogP contribution in [0.15, 0.2) is 18.2 Å². The van der Waals surface area contributed by atoms with Crippen LogP contribution in [0.3, 0.4) is 0 Å². The van der Waals surface area contributed by atoms with Crippen molar-refractivity contribution in [2.75, 3.05) is 19.0 Å². The van der Waals surface area contributed by atoms with Gasteiger partial charge in [-0.25, -0.2) is 0 Å². The molecule has 1 aromatic heterocycles. The maximum absolute atomic E-state index is 5.33. The summed E-state index contributed by atoms with van der Waals surface area (Å²) in [5.41, 5.74) is 4.65. The molecule has 0 saturated carbocycles. The Labute approximate surface area is 115 Å². The molecule has 1 aromatic carbocycles. The number of hydrogen-bond donors (Lipinski definition) is 1. The van der Waals surface area contributed by atoms with Gasteiger partial charge in [0.05, 0.1) is 12.6 Å². The Balaban J connectivity index is 2.67. The van der Waals surface area contributed by atoms with Gasteiger partial charge in [0.1, 0.15) is 5.75 Å². The van der Waals surface area contributed by atoms with E-state index in [1.165, 1.54) is 11.3 Å². The Bertz CT molecular complexity index is 578. The smallest absolute Gasteiger partial charge is 0.119 e. The van der Waals surface area contributed by atoms with Crippen molar-refractivity contribution in [3.05, 3.63) is 29.5 Å². The van der Waals surface area contributed by atoms with E-state index < -0.39 is 0 Å². The largest absolute Gasteiger partial charge is 0.497 e. The van der Waals surface area contributed by atoms with Crippen LogP contribution in [-0.4, -0.2) is 18.6 Å². The van der Waals surface area contributed by atoms with Crippen LogP contribution < -0.4 is 10.1 Å². The summed E-state index contributed by atoms with van der Waals surface area (Å²) in [6.45, 7) is 7.41. The van der Waals surface area contributed by atoms with Crippen molar-refractivity contribution in [3.63, 3.8) is 0 Å². The molecule has 2 aromatic rings. The van der Waals surface area contributed by atoms with Gasteiger partial charge in [0, 0.05) is 23.3 Å². The number of aromatic nitrogens is 1. The zero-order valence-corrected chi connectivity index (χ0v) is 12.2. The zero-order valence-electron chi connectivity index (χ0n) is 12.2. The summed E-state index contributed by atoms with van der Waals surface area (Å²) in [6.07, 6.45) is 2.09. The molecule has 0 fully saturated rings. The molecule has 3 heteroatoms. The first kappa shape index (κ1) is 13.7. The van der Waals surface area contributed by atoms with Gasteiger partial charge in [-0.15, -0.1) is 0 Å². The Hall–Kier alpha value is -1.77. The van der Waals surface area contributed by atoms with E-state index >= 15 is 0 Å². The Morgan fingerprint density at radius 3 is 2.68 bits per heavy atom. The molecule has 2 rings (SSSR count). The Morgan fingerprint density at radius 2 is 2.05 bits per heavy atom. The quantitative estimate of drug-likeness (QED) is 0.882. The first-order valence-electron chi connectivity index (χ1n) is 6.92. The standard InChI is InChI=1S/C16H22N2O/c1-5-9-17-16-13(6-2)11(3)18-15-8-7-12(19-4)10-14(15)16/h7-8,10H,5-6,9H2,1-4H3,(H,17,18). The number of nitrogens with one attached hydrogen (secondary N) is 1. The average molecular weight is 258 g/mol. The molecule has 0 radical (unpaired) electrons. The highest BCUT2D eigenvalue weighted by atomic mass is 16.5. The maximum Gasteiger partial charge on any atom is 0.119 e. The lowest BCUT2D eigenvalue weighted by atomic mass is 10.0. The molecule has 1 N–H and O–H groups in total. The SMILES string of the molecule is CCCNc1c(CC)c(C)nc2ccc(OC)cc12. The number of hydrogen-bond acceptors (Lipinski definition) is 3. The van der Waals surface area contributed by atoms with E-state index in [-0.39, 0.29) is 0 Å². The van der Waals surface area contributed by atoms with Crippen LogP contribution >= 0.6 is 0 Å². The Morgan fingerprint density at radius 1 is 1.26 bits per heavy atom. The van der Waals surface area contributed by atoms with Crippen molar-refractivity contribution < 1.29 is 4.74 Å². The lowest BCUT2D eigenvalue weighted by molar-refractivity contribution is 0.415. The van der Waals surface area contributed by atoms with Crippen molar-refractivity contribution in [2.45, 2.75) is 33.6 Å². The summed E-state index contributed by atoms with van der Waals surface area (Å²) < 4.78 is 5.33. The summed E-state index contributed by atoms with van der Waals surface area (Å²) in [5.74, 6) is 0.875. The molecule has 0 bridgehead atoms. The van der Waals surface area contributed by atoms with Gasteiger partial charge in [-0.2, -0.15) is 0 Å². The number of nitrogens with zero attached hydrogens (tertiary/aromatic N) is 1. The third-order valence-corrected chi connectivity index (χ3v) is 3.41. The fraction of sp³-hybridized carbons (Fsp3) is 0.438. The van der Waals surface area contributed by atoms with E-state index in [2.05, 4.69) is 32.2 Å². The molecule has 0 aliphatic carbocycles. The van der Waals surface area contributed by atoms with E-state index in [9.17, 15) is 0 Å². The number of methoxy groups -OCH3 is 1. The number of ether oxygens (including phenoxy) is 1. The molecule has 0 spiro atoms. The average Bonchev–Trinajstić information content (AvgIpc) is 2.43. The summed E-state index contributed by atoms with van der Waals surface area (Å²) in [5, 5.41) is 4.70. The minimum absolute atomic E-state index is 0.875. The molecule has 3 nitrogen and oxygen atoms in total. The second-order valence-corrected chi connectivity index (χ2v) is 4.71. The van der Waals surface area contributed by atoms with Crippen molar-refractivity contribution in [1.82, 2.24) is 4.98 Å². The number of fused-ring (bicyclic) bond motifs is 1. The van der Waals surface area contributed by atoms with E-state index in [1.807, 2.05) is 12.1 Å². The molecular formula is C16H22N2O. The molecule has 19 heavy (non-hydrogen) atoms. The van der Waals surface area contributed by atoms with E-state index in [0.29, 0.717) is 0 Å². The molecule has 0 amide bonds. The van der Waals surface area contributed by atoms with E-state index in [0.717, 1.165) is 41.7 Å². The third-order valence-electron chi connectivity index (χ3n) is 3.41. The topological polar surface area (TPSA) is 34.2 Å². The highest BCUT2D eigenvalue weighted by molar-refractivity contribution is 5.94. The number of rotatable bonds is 5. The van der Waals surface area contributed by atoms with Crippen LogP contribution in [0.1, 0.15) is 31.5 Å². The lowest BCUT2D eigenvalue weighted by Crippen LogP contribution is -2.06. The Kier molecular flexibility index (Phi) is 4.25. The van der Waals surface area contributed by atoms with Crippen molar-refractivity contribution in [2.24, 2.45) is 0 Å². The van der Waals surface area contributed by atoms with Crippen LogP contribution in [0.5, 0.6) is 5.75 Å². The van der Waals surface area contributed by atoms with Gasteiger partial charge in [-0.3, -0.25) is 4.98 Å². The number of anilines is 1. The molecule has 0 aliphatic rings. The fourth-order valence-corrected chi connectivity index (χ4v) is 2.42. The summed E-state index contributed by atoms with van der Waals surface area (Å²) >= 11 is 0. The van der Waals surface area contributed by atoms with E-state index in [1.54, 1.807) is 7.11 Å². The lowest BCUT2D eigenvalue weighted by Gasteiger charge is -2.16. The third kappa shape index (κ3) is 2.65. The van der Waals surface area contributed by atoms with Crippen molar-refractivity contribution >= 4 is 16.6 Å². The number of benzene rings is 1. The van der Waals surface area contributed by atoms with Gasteiger partial charge in [-0.1, -0.05) is 13.8 Å². The highest BCUT2D eigenvalue weighted by Gasteiger charge is 2.11. The van der Waals surface area contributed by atoms with Crippen molar-refractivity contribution in [3.8, 4) is 5.75 Å². The maximum atomic E-state index is 5.33. The number of aryl methyl sites for hydroxylation is 1. The summed E-state index contributed by atoms with van der Waals surface area (Å²) in [4.78, 5) is 4.70. The fourth-order valence-electron chi connectivity index (χ4n) is 2.42. The van der Waals surface area contributed by atoms with Crippen LogP contribution in [0, 0.1) is 6.92 Å². The second kappa shape index (κ2) is 5.91. The predicted octanol–water partition coefficient (Wildman–Crippen LogP) is 3.94. The predicted molar refractivity (Wildman–Crippen MR) is 81.2 cm³/mol. The van der Waals surface area contributed by atoms with Gasteiger partial charge in [0.25, 0.3) is 0 Å². The van der Waals surface area contributed by atoms with Gasteiger partial charge >= 0.3 is 0 Å². The van der Waals surface area contributed by atoms with Crippen LogP contribution in [0.25, 0.3) is 10.9 Å². The molecule has 0 atom stereocenters. The highest BCUT2D eigenvalue weighted by Crippen LogP contribution is 2.31. The monoisotopic (exact) mass is 258 g/mol. The summed E-state index contributed by atoms with van der Waals surface area (Å²) in [7, 11) is 1.70. The molecule has 102 valence electrons. The van der Waals surface area contributed by atoms with Crippen LogP contribution in [-0.2, 0) is 6.42 Å². The molecule has 0 unspecified atom stereocenters. The van der Waals surface area contributed by atoms with E-state index in [4.69, 9.17) is 9.72 Å². The van der Waals surface area contributed by atoms with Crippen molar-refractivity contribution in [1.29, 1.82) is 0 Å². The van der Waals surface area contributed by atoms with Gasteiger partial charge in [0.15, 0.2) is 0 Å². The minimum Gasteiger partial charge on any atom is -0.497 e. The normalized spacial score (nSPS) is 10.7. The van der Waals surface area contributed by atoms with Gasteiger partial charge in [-0.05, 0) is 43.5 Å². The molecular weight excluding hydrogens is 236 g/mol. The first-order chi connectivity index (χ1) is 9.21. The summed E-state index contributed by atoms with van der Waals surface area (Å²) in [6, 6.07) is 6.06.